The summed E-state index contributed by atoms with van der Waals surface area (Å²) in [6, 6.07) is 15.8. The van der Waals surface area contributed by atoms with Gasteiger partial charge in [-0.3, -0.25) is 0 Å². The Morgan fingerprint density at radius 2 is 1.83 bits per heavy atom. The summed E-state index contributed by atoms with van der Waals surface area (Å²) in [5, 5.41) is 16.4. The molecule has 0 aliphatic heterocycles. The van der Waals surface area contributed by atoms with E-state index in [1.807, 2.05) is 48.5 Å². The first-order valence-electron chi connectivity index (χ1n) is 8.20. The smallest absolute Gasteiger partial charge is 0.124 e. The second-order valence-electron chi connectivity index (χ2n) is 5.76. The molecule has 0 saturated carbocycles. The number of hydrogen-bond donors (Lipinski definition) is 3. The highest BCUT2D eigenvalue weighted by Gasteiger charge is 2.05. The van der Waals surface area contributed by atoms with Crippen molar-refractivity contribution in [2.75, 3.05) is 19.6 Å². The van der Waals surface area contributed by atoms with Crippen molar-refractivity contribution >= 4 is 11.6 Å². The van der Waals surface area contributed by atoms with Gasteiger partial charge in [-0.1, -0.05) is 41.9 Å². The summed E-state index contributed by atoms with van der Waals surface area (Å²) in [4.78, 5) is 0. The molecule has 0 fully saturated rings. The lowest BCUT2D eigenvalue weighted by Crippen LogP contribution is -2.31. The summed E-state index contributed by atoms with van der Waals surface area (Å²) in [7, 11) is 0. The molecule has 2 aromatic rings. The Kier molecular flexibility index (Phi) is 8.05. The van der Waals surface area contributed by atoms with Crippen molar-refractivity contribution in [1.82, 2.24) is 10.6 Å². The summed E-state index contributed by atoms with van der Waals surface area (Å²) in [6.45, 7) is 5.18. The van der Waals surface area contributed by atoms with E-state index in [4.69, 9.17) is 16.3 Å². The van der Waals surface area contributed by atoms with Crippen molar-refractivity contribution < 1.29 is 9.84 Å². The van der Waals surface area contributed by atoms with Crippen LogP contribution in [0, 0.1) is 0 Å². The minimum Gasteiger partial charge on any atom is -0.489 e. The van der Waals surface area contributed by atoms with Crippen LogP contribution in [0.25, 0.3) is 0 Å². The van der Waals surface area contributed by atoms with Gasteiger partial charge in [-0.15, -0.1) is 0 Å². The van der Waals surface area contributed by atoms with E-state index >= 15 is 0 Å². The molecule has 5 heteroatoms. The van der Waals surface area contributed by atoms with Crippen molar-refractivity contribution in [3.8, 4) is 5.75 Å². The maximum Gasteiger partial charge on any atom is 0.124 e. The third-order valence-electron chi connectivity index (χ3n) is 3.49. The van der Waals surface area contributed by atoms with Crippen molar-refractivity contribution in [3.05, 3.63) is 64.7 Å². The highest BCUT2D eigenvalue weighted by molar-refractivity contribution is 6.30. The van der Waals surface area contributed by atoms with Gasteiger partial charge in [0.15, 0.2) is 0 Å². The lowest BCUT2D eigenvalue weighted by Gasteiger charge is -2.13. The largest absolute Gasteiger partial charge is 0.489 e. The van der Waals surface area contributed by atoms with E-state index in [1.165, 1.54) is 0 Å². The van der Waals surface area contributed by atoms with Crippen LogP contribution >= 0.6 is 11.6 Å². The molecule has 0 bridgehead atoms. The molecular formula is C19H25ClN2O2. The van der Waals surface area contributed by atoms with Crippen molar-refractivity contribution in [2.45, 2.75) is 26.2 Å². The highest BCUT2D eigenvalue weighted by Crippen LogP contribution is 2.23. The zero-order chi connectivity index (χ0) is 17.2. The van der Waals surface area contributed by atoms with Crippen LogP contribution in [0.4, 0.5) is 0 Å². The molecule has 0 heterocycles. The molecule has 130 valence electrons. The molecule has 0 spiro atoms. The van der Waals surface area contributed by atoms with Gasteiger partial charge in [0.1, 0.15) is 12.4 Å². The van der Waals surface area contributed by atoms with E-state index < -0.39 is 0 Å². The molecule has 0 aliphatic rings. The molecule has 24 heavy (non-hydrogen) atoms. The van der Waals surface area contributed by atoms with Gasteiger partial charge in [0.25, 0.3) is 0 Å². The second-order valence-corrected chi connectivity index (χ2v) is 6.19. The fraction of sp³-hybridized carbons (Fsp3) is 0.368. The Hall–Kier alpha value is -1.59. The van der Waals surface area contributed by atoms with Gasteiger partial charge < -0.3 is 20.5 Å². The van der Waals surface area contributed by atoms with Crippen LogP contribution in [-0.2, 0) is 13.2 Å². The summed E-state index contributed by atoms with van der Waals surface area (Å²) in [5.41, 5.74) is 2.17. The zero-order valence-corrected chi connectivity index (χ0v) is 14.7. The van der Waals surface area contributed by atoms with Crippen molar-refractivity contribution in [2.24, 2.45) is 0 Å². The summed E-state index contributed by atoms with van der Waals surface area (Å²) in [5.74, 6) is 0.840. The van der Waals surface area contributed by atoms with Gasteiger partial charge in [-0.2, -0.15) is 0 Å². The molecule has 0 unspecified atom stereocenters. The topological polar surface area (TPSA) is 53.5 Å². The fourth-order valence-electron chi connectivity index (χ4n) is 2.27. The van der Waals surface area contributed by atoms with Crippen LogP contribution in [0.1, 0.15) is 18.1 Å². The maximum atomic E-state index is 9.19. The average Bonchev–Trinajstić information content (AvgIpc) is 2.58. The molecule has 2 aromatic carbocycles. The molecule has 0 amide bonds. The van der Waals surface area contributed by atoms with Gasteiger partial charge in [-0.25, -0.2) is 0 Å². The third kappa shape index (κ3) is 6.89. The molecule has 1 atom stereocenters. The van der Waals surface area contributed by atoms with E-state index in [-0.39, 0.29) is 6.10 Å². The number of benzene rings is 2. The van der Waals surface area contributed by atoms with Crippen LogP contribution in [0.5, 0.6) is 5.75 Å². The second kappa shape index (κ2) is 10.3. The first-order chi connectivity index (χ1) is 11.6. The van der Waals surface area contributed by atoms with E-state index in [1.54, 1.807) is 6.92 Å². The molecule has 0 radical (unpaired) electrons. The monoisotopic (exact) mass is 348 g/mol. The first kappa shape index (κ1) is 18.7. The van der Waals surface area contributed by atoms with E-state index in [9.17, 15) is 5.11 Å². The molecular weight excluding hydrogens is 324 g/mol. The standard InChI is InChI=1S/C19H25ClN2O2/c1-15(23)12-21-9-10-22-13-17-11-18(20)7-8-19(17)24-14-16-5-3-2-4-6-16/h2-8,11,15,21-23H,9-10,12-14H2,1H3/t15-/m0/s1. The van der Waals surface area contributed by atoms with Gasteiger partial charge in [-0.05, 0) is 30.7 Å². The number of ether oxygens (including phenoxy) is 1. The minimum absolute atomic E-state index is 0.323. The normalized spacial score (nSPS) is 12.1. The maximum absolute atomic E-state index is 9.19. The van der Waals surface area contributed by atoms with Gasteiger partial charge >= 0.3 is 0 Å². The lowest BCUT2D eigenvalue weighted by atomic mass is 10.2. The Balaban J connectivity index is 1.83. The molecule has 3 N–H and O–H groups in total. The summed E-state index contributed by atoms with van der Waals surface area (Å²) >= 11 is 6.11. The molecule has 0 saturated heterocycles. The van der Waals surface area contributed by atoms with Crippen LogP contribution in [0.3, 0.4) is 0 Å². The van der Waals surface area contributed by atoms with E-state index in [2.05, 4.69) is 10.6 Å². The molecule has 4 nitrogen and oxygen atoms in total. The number of rotatable bonds is 10. The van der Waals surface area contributed by atoms with Crippen LogP contribution < -0.4 is 15.4 Å². The van der Waals surface area contributed by atoms with Gasteiger partial charge in [0.2, 0.25) is 0 Å². The Labute approximate surface area is 148 Å². The third-order valence-corrected chi connectivity index (χ3v) is 3.73. The number of nitrogens with one attached hydrogen (secondary N) is 2. The lowest BCUT2D eigenvalue weighted by molar-refractivity contribution is 0.191. The highest BCUT2D eigenvalue weighted by atomic mass is 35.5. The zero-order valence-electron chi connectivity index (χ0n) is 14.0. The number of aliphatic hydroxyl groups excluding tert-OH is 1. The number of hydrogen-bond acceptors (Lipinski definition) is 4. The number of aliphatic hydroxyl groups is 1. The Morgan fingerprint density at radius 1 is 1.08 bits per heavy atom. The predicted octanol–water partition coefficient (Wildman–Crippen LogP) is 2.98. The predicted molar refractivity (Wildman–Crippen MR) is 98.5 cm³/mol. The SMILES string of the molecule is C[C@H](O)CNCCNCc1cc(Cl)ccc1OCc1ccccc1. The first-order valence-corrected chi connectivity index (χ1v) is 8.57. The Bertz CT molecular complexity index is 606. The van der Waals surface area contributed by atoms with E-state index in [0.29, 0.717) is 24.7 Å². The van der Waals surface area contributed by atoms with E-state index in [0.717, 1.165) is 30.0 Å². The van der Waals surface area contributed by atoms with Crippen LogP contribution in [-0.4, -0.2) is 30.8 Å². The molecule has 0 aromatic heterocycles. The van der Waals surface area contributed by atoms with Gasteiger partial charge in [0.05, 0.1) is 6.10 Å². The van der Waals surface area contributed by atoms with Crippen molar-refractivity contribution in [1.29, 1.82) is 0 Å². The molecule has 2 rings (SSSR count). The Morgan fingerprint density at radius 3 is 2.58 bits per heavy atom. The minimum atomic E-state index is -0.323. The number of halogens is 1. The van der Waals surface area contributed by atoms with Crippen LogP contribution in [0.15, 0.2) is 48.5 Å². The van der Waals surface area contributed by atoms with Gasteiger partial charge in [0, 0.05) is 36.8 Å². The summed E-state index contributed by atoms with van der Waals surface area (Å²) in [6.07, 6.45) is -0.323. The van der Waals surface area contributed by atoms with Crippen molar-refractivity contribution in [3.63, 3.8) is 0 Å². The quantitative estimate of drug-likeness (QED) is 0.578. The van der Waals surface area contributed by atoms with Crippen LogP contribution in [0.2, 0.25) is 5.02 Å². The molecule has 0 aliphatic carbocycles. The summed E-state index contributed by atoms with van der Waals surface area (Å²) < 4.78 is 5.94. The fourth-order valence-corrected chi connectivity index (χ4v) is 2.47. The average molecular weight is 349 g/mol.